The van der Waals surface area contributed by atoms with E-state index in [-0.39, 0.29) is 0 Å². The summed E-state index contributed by atoms with van der Waals surface area (Å²) in [6.45, 7) is 15.7. The van der Waals surface area contributed by atoms with Crippen LogP contribution < -0.4 is 0 Å². The van der Waals surface area contributed by atoms with Crippen molar-refractivity contribution in [3.05, 3.63) is 47.4 Å². The van der Waals surface area contributed by atoms with Gasteiger partial charge in [-0.15, -0.1) is 0 Å². The fourth-order valence-corrected chi connectivity index (χ4v) is 4.51. The molecule has 0 amide bonds. The maximum absolute atomic E-state index is 6.03. The van der Waals surface area contributed by atoms with Crippen LogP contribution in [0, 0.1) is 0 Å². The minimum absolute atomic E-state index is 0.931. The van der Waals surface area contributed by atoms with Gasteiger partial charge in [0.1, 0.15) is 5.76 Å². The van der Waals surface area contributed by atoms with Crippen LogP contribution in [0.1, 0.15) is 12.5 Å². The third kappa shape index (κ3) is 5.64. The number of benzene rings is 1. The average Bonchev–Trinajstić information content (AvgIpc) is 2.23. The molecule has 0 aliphatic heterocycles. The van der Waals surface area contributed by atoms with Gasteiger partial charge in [0, 0.05) is 0 Å². The van der Waals surface area contributed by atoms with E-state index in [1.54, 1.807) is 0 Å². The molecule has 0 unspecified atom stereocenters. The van der Waals surface area contributed by atoms with Crippen LogP contribution in [0.15, 0.2) is 41.8 Å². The molecule has 0 aliphatic rings. The molecular formula is C16H26OSi2. The van der Waals surface area contributed by atoms with E-state index in [1.807, 2.05) is 6.92 Å². The van der Waals surface area contributed by atoms with E-state index in [9.17, 15) is 0 Å². The Labute approximate surface area is 120 Å². The minimum atomic E-state index is -1.54. The third-order valence-electron chi connectivity index (χ3n) is 2.57. The van der Waals surface area contributed by atoms with E-state index < -0.39 is 16.4 Å². The lowest BCUT2D eigenvalue weighted by molar-refractivity contribution is 0.426. The highest BCUT2D eigenvalue weighted by Gasteiger charge is 2.22. The zero-order chi connectivity index (χ0) is 14.7. The second-order valence-electron chi connectivity index (χ2n) is 6.89. The van der Waals surface area contributed by atoms with Gasteiger partial charge >= 0.3 is 0 Å². The molecule has 1 aromatic rings. The molecule has 104 valence electrons. The maximum Gasteiger partial charge on any atom is 0.242 e. The number of hydrogen-bond donors (Lipinski definition) is 0. The Morgan fingerprint density at radius 3 is 1.89 bits per heavy atom. The monoisotopic (exact) mass is 290 g/mol. The van der Waals surface area contributed by atoms with Gasteiger partial charge in [0.05, 0.1) is 8.07 Å². The Kier molecular flexibility index (Phi) is 5.02. The van der Waals surface area contributed by atoms with E-state index in [1.165, 1.54) is 10.8 Å². The predicted octanol–water partition coefficient (Wildman–Crippen LogP) is 5.30. The fourth-order valence-electron chi connectivity index (χ4n) is 1.96. The minimum Gasteiger partial charge on any atom is -0.542 e. The number of hydrogen-bond acceptors (Lipinski definition) is 1. The Morgan fingerprint density at radius 2 is 1.47 bits per heavy atom. The molecule has 1 aromatic carbocycles. The van der Waals surface area contributed by atoms with E-state index >= 15 is 0 Å². The molecule has 1 nitrogen and oxygen atoms in total. The van der Waals surface area contributed by atoms with Gasteiger partial charge in [-0.3, -0.25) is 0 Å². The Bertz CT molecular complexity index is 484. The summed E-state index contributed by atoms with van der Waals surface area (Å²) in [7, 11) is -2.99. The molecule has 0 saturated carbocycles. The molecule has 0 N–H and O–H groups in total. The molecule has 0 spiro atoms. The fraction of sp³-hybridized carbons (Fsp3) is 0.438. The Balaban J connectivity index is 3.31. The van der Waals surface area contributed by atoms with Crippen molar-refractivity contribution in [2.75, 3.05) is 0 Å². The van der Waals surface area contributed by atoms with Crippen LogP contribution in [0.5, 0.6) is 0 Å². The summed E-state index contributed by atoms with van der Waals surface area (Å²) in [5, 5.41) is 1.34. The van der Waals surface area contributed by atoms with Crippen molar-refractivity contribution in [2.24, 2.45) is 0 Å². The van der Waals surface area contributed by atoms with Gasteiger partial charge in [0.2, 0.25) is 8.32 Å². The van der Waals surface area contributed by atoms with Crippen molar-refractivity contribution in [1.82, 2.24) is 0 Å². The van der Waals surface area contributed by atoms with Gasteiger partial charge in [-0.2, -0.15) is 0 Å². The first-order valence-electron chi connectivity index (χ1n) is 6.82. The van der Waals surface area contributed by atoms with Crippen molar-refractivity contribution in [1.29, 1.82) is 0 Å². The standard InChI is InChI=1S/C16H26OSi2/c1-14(17-19(5,6)7)13-16(18(2,3)4)15-11-9-8-10-12-15/h8-12H,1-7H3. The summed E-state index contributed by atoms with van der Waals surface area (Å²) in [4.78, 5) is 0. The summed E-state index contributed by atoms with van der Waals surface area (Å²) in [5.74, 6) is 0.931. The lowest BCUT2D eigenvalue weighted by Crippen LogP contribution is -2.25. The molecule has 3 heteroatoms. The molecule has 0 bridgehead atoms. The lowest BCUT2D eigenvalue weighted by Gasteiger charge is -2.21. The SMILES string of the molecule is CC(=C=C(c1ccccc1)[Si](C)(C)C)O[Si](C)(C)C. The summed E-state index contributed by atoms with van der Waals surface area (Å²) in [6.07, 6.45) is 0. The summed E-state index contributed by atoms with van der Waals surface area (Å²) in [5.41, 5.74) is 4.82. The lowest BCUT2D eigenvalue weighted by atomic mass is 10.2. The van der Waals surface area contributed by atoms with Crippen molar-refractivity contribution < 1.29 is 4.43 Å². The zero-order valence-corrected chi connectivity index (χ0v) is 15.3. The molecule has 0 heterocycles. The second kappa shape index (κ2) is 5.95. The Hall–Kier alpha value is -1.03. The van der Waals surface area contributed by atoms with Crippen molar-refractivity contribution >= 4 is 21.6 Å². The highest BCUT2D eigenvalue weighted by molar-refractivity contribution is 6.93. The highest BCUT2D eigenvalue weighted by Crippen LogP contribution is 2.25. The highest BCUT2D eigenvalue weighted by atomic mass is 28.4. The third-order valence-corrected chi connectivity index (χ3v) is 5.41. The largest absolute Gasteiger partial charge is 0.542 e. The zero-order valence-electron chi connectivity index (χ0n) is 13.3. The van der Waals surface area contributed by atoms with Gasteiger partial charge in [-0.1, -0.05) is 55.7 Å². The van der Waals surface area contributed by atoms with Crippen molar-refractivity contribution in [3.8, 4) is 0 Å². The molecule has 1 rings (SSSR count). The first kappa shape index (κ1) is 16.0. The number of allylic oxidation sites excluding steroid dienone is 1. The average molecular weight is 291 g/mol. The van der Waals surface area contributed by atoms with Crippen LogP contribution in [-0.2, 0) is 4.43 Å². The smallest absolute Gasteiger partial charge is 0.242 e. The van der Waals surface area contributed by atoms with Crippen molar-refractivity contribution in [2.45, 2.75) is 46.2 Å². The summed E-state index contributed by atoms with van der Waals surface area (Å²) in [6, 6.07) is 10.6. The van der Waals surface area contributed by atoms with Gasteiger partial charge < -0.3 is 4.43 Å². The first-order chi connectivity index (χ1) is 8.59. The van der Waals surface area contributed by atoms with Gasteiger partial charge in [-0.25, -0.2) is 0 Å². The number of rotatable bonds is 4. The quantitative estimate of drug-likeness (QED) is 0.415. The van der Waals surface area contributed by atoms with Crippen LogP contribution in [0.3, 0.4) is 0 Å². The van der Waals surface area contributed by atoms with E-state index in [2.05, 4.69) is 75.3 Å². The Morgan fingerprint density at radius 1 is 0.947 bits per heavy atom. The molecule has 0 radical (unpaired) electrons. The van der Waals surface area contributed by atoms with Crippen LogP contribution in [-0.4, -0.2) is 16.4 Å². The second-order valence-corrected chi connectivity index (χ2v) is 16.3. The van der Waals surface area contributed by atoms with E-state index in [0.29, 0.717) is 0 Å². The molecule has 0 atom stereocenters. The van der Waals surface area contributed by atoms with Gasteiger partial charge in [0.15, 0.2) is 0 Å². The molecule has 0 fully saturated rings. The van der Waals surface area contributed by atoms with Crippen LogP contribution in [0.4, 0.5) is 0 Å². The normalized spacial score (nSPS) is 11.7. The predicted molar refractivity (Wildman–Crippen MR) is 90.3 cm³/mol. The van der Waals surface area contributed by atoms with Gasteiger partial charge in [0.25, 0.3) is 0 Å². The molecule has 19 heavy (non-hydrogen) atoms. The van der Waals surface area contributed by atoms with E-state index in [0.717, 1.165) is 5.76 Å². The summed E-state index contributed by atoms with van der Waals surface area (Å²) >= 11 is 0. The summed E-state index contributed by atoms with van der Waals surface area (Å²) < 4.78 is 6.03. The van der Waals surface area contributed by atoms with Crippen LogP contribution in [0.25, 0.3) is 5.20 Å². The maximum atomic E-state index is 6.03. The van der Waals surface area contributed by atoms with Gasteiger partial charge in [-0.05, 0) is 37.3 Å². The van der Waals surface area contributed by atoms with Crippen LogP contribution in [0.2, 0.25) is 39.3 Å². The van der Waals surface area contributed by atoms with Crippen molar-refractivity contribution in [3.63, 3.8) is 0 Å². The topological polar surface area (TPSA) is 9.23 Å². The molecular weight excluding hydrogens is 264 g/mol. The first-order valence-corrected chi connectivity index (χ1v) is 13.7. The van der Waals surface area contributed by atoms with Crippen LogP contribution >= 0.6 is 0 Å². The molecule has 0 saturated heterocycles. The molecule has 0 aliphatic carbocycles. The van der Waals surface area contributed by atoms with E-state index in [4.69, 9.17) is 4.43 Å². The molecule has 0 aromatic heterocycles.